The lowest BCUT2D eigenvalue weighted by Gasteiger charge is -2.21. The molecule has 0 amide bonds. The highest BCUT2D eigenvalue weighted by atomic mass is 35.5. The van der Waals surface area contributed by atoms with Gasteiger partial charge in [-0.15, -0.1) is 11.3 Å². The standard InChI is InChI=1S/C19H19ClFN3S.CH2O3/c20-16-10-15-18(22-11-12-6-8-14(21)9-7-12)23-17(24-19(15)25-16)13-4-2-1-3-5-13;2-1(3)4/h6-10,13H,1-5,11H2,(H,22,23,24);(H2,2,3,4). The lowest BCUT2D eigenvalue weighted by atomic mass is 9.89. The number of halogens is 2. The number of nitrogens with zero attached hydrogens (tertiary/aromatic N) is 2. The van der Waals surface area contributed by atoms with Gasteiger partial charge < -0.3 is 15.5 Å². The van der Waals surface area contributed by atoms with Crippen LogP contribution in [-0.4, -0.2) is 26.3 Å². The topological polar surface area (TPSA) is 95.3 Å². The molecule has 2 heterocycles. The van der Waals surface area contributed by atoms with E-state index in [9.17, 15) is 4.39 Å². The van der Waals surface area contributed by atoms with Crippen LogP contribution in [0.3, 0.4) is 0 Å². The minimum absolute atomic E-state index is 0.225. The zero-order valence-corrected chi connectivity index (χ0v) is 17.1. The van der Waals surface area contributed by atoms with Crippen molar-refractivity contribution < 1.29 is 19.4 Å². The lowest BCUT2D eigenvalue weighted by Crippen LogP contribution is -2.11. The van der Waals surface area contributed by atoms with Gasteiger partial charge in [-0.05, 0) is 36.6 Å². The first-order valence-corrected chi connectivity index (χ1v) is 10.5. The van der Waals surface area contributed by atoms with Gasteiger partial charge in [-0.3, -0.25) is 0 Å². The molecule has 0 aliphatic heterocycles. The highest BCUT2D eigenvalue weighted by molar-refractivity contribution is 7.22. The number of anilines is 1. The van der Waals surface area contributed by atoms with Gasteiger partial charge in [0, 0.05) is 12.5 Å². The maximum absolute atomic E-state index is 13.1. The van der Waals surface area contributed by atoms with E-state index in [1.807, 2.05) is 6.07 Å². The molecule has 2 aromatic heterocycles. The van der Waals surface area contributed by atoms with Crippen LogP contribution < -0.4 is 5.32 Å². The van der Waals surface area contributed by atoms with Crippen molar-refractivity contribution in [3.05, 3.63) is 51.9 Å². The van der Waals surface area contributed by atoms with Gasteiger partial charge in [-0.25, -0.2) is 19.2 Å². The van der Waals surface area contributed by atoms with Crippen molar-refractivity contribution in [2.24, 2.45) is 0 Å². The predicted octanol–water partition coefficient (Wildman–Crippen LogP) is 6.37. The molecule has 3 N–H and O–H groups in total. The Hall–Kier alpha value is -2.45. The average molecular weight is 438 g/mol. The number of fused-ring (bicyclic) bond motifs is 1. The number of nitrogens with one attached hydrogen (secondary N) is 1. The highest BCUT2D eigenvalue weighted by Crippen LogP contribution is 2.36. The van der Waals surface area contributed by atoms with Crippen molar-refractivity contribution in [2.45, 2.75) is 44.6 Å². The summed E-state index contributed by atoms with van der Waals surface area (Å²) in [5.41, 5.74) is 1.01. The third-order valence-electron chi connectivity index (χ3n) is 4.72. The minimum Gasteiger partial charge on any atom is -0.450 e. The van der Waals surface area contributed by atoms with E-state index in [0.29, 0.717) is 12.5 Å². The molecular weight excluding hydrogens is 417 g/mol. The fraction of sp³-hybridized carbons (Fsp3) is 0.350. The van der Waals surface area contributed by atoms with Gasteiger partial charge in [-0.1, -0.05) is 43.0 Å². The summed E-state index contributed by atoms with van der Waals surface area (Å²) < 4.78 is 13.8. The summed E-state index contributed by atoms with van der Waals surface area (Å²) in [6.07, 6.45) is 4.27. The van der Waals surface area contributed by atoms with Crippen molar-refractivity contribution in [3.63, 3.8) is 0 Å². The summed E-state index contributed by atoms with van der Waals surface area (Å²) in [4.78, 5) is 19.1. The molecule has 0 atom stereocenters. The van der Waals surface area contributed by atoms with Crippen molar-refractivity contribution >= 4 is 45.1 Å². The van der Waals surface area contributed by atoms with Crippen molar-refractivity contribution in [2.75, 3.05) is 5.32 Å². The quantitative estimate of drug-likeness (QED) is 0.439. The van der Waals surface area contributed by atoms with Crippen LogP contribution in [0.1, 0.15) is 49.4 Å². The Morgan fingerprint density at radius 3 is 2.48 bits per heavy atom. The summed E-state index contributed by atoms with van der Waals surface area (Å²) in [5.74, 6) is 1.95. The van der Waals surface area contributed by atoms with Crippen LogP contribution in [-0.2, 0) is 6.54 Å². The minimum atomic E-state index is -1.83. The molecule has 1 aliphatic rings. The summed E-state index contributed by atoms with van der Waals surface area (Å²) in [7, 11) is 0. The molecule has 0 bridgehead atoms. The van der Waals surface area contributed by atoms with Crippen molar-refractivity contribution in [1.82, 2.24) is 9.97 Å². The van der Waals surface area contributed by atoms with E-state index in [0.717, 1.165) is 44.6 Å². The molecule has 0 saturated heterocycles. The van der Waals surface area contributed by atoms with E-state index in [1.54, 1.807) is 12.1 Å². The number of aromatic nitrogens is 2. The van der Waals surface area contributed by atoms with Gasteiger partial charge >= 0.3 is 6.16 Å². The largest absolute Gasteiger partial charge is 0.503 e. The van der Waals surface area contributed by atoms with Crippen LogP contribution in [0.5, 0.6) is 0 Å². The van der Waals surface area contributed by atoms with Crippen LogP contribution >= 0.6 is 22.9 Å². The van der Waals surface area contributed by atoms with Gasteiger partial charge in [0.05, 0.1) is 9.72 Å². The number of carbonyl (C=O) groups is 1. The molecule has 4 rings (SSSR count). The molecule has 0 unspecified atom stereocenters. The number of carboxylic acid groups (broad SMARTS) is 2. The first kappa shape index (κ1) is 21.3. The molecule has 29 heavy (non-hydrogen) atoms. The number of benzene rings is 1. The third kappa shape index (κ3) is 6.01. The predicted molar refractivity (Wildman–Crippen MR) is 113 cm³/mol. The van der Waals surface area contributed by atoms with E-state index in [-0.39, 0.29) is 5.82 Å². The zero-order valence-electron chi connectivity index (χ0n) is 15.6. The van der Waals surface area contributed by atoms with Gasteiger partial charge in [-0.2, -0.15) is 0 Å². The van der Waals surface area contributed by atoms with Crippen LogP contribution in [0.4, 0.5) is 15.0 Å². The van der Waals surface area contributed by atoms with Crippen molar-refractivity contribution in [1.29, 1.82) is 0 Å². The fourth-order valence-corrected chi connectivity index (χ4v) is 4.47. The number of hydrogen-bond donors (Lipinski definition) is 3. The summed E-state index contributed by atoms with van der Waals surface area (Å²) in [6, 6.07) is 8.43. The first-order valence-electron chi connectivity index (χ1n) is 9.29. The summed E-state index contributed by atoms with van der Waals surface area (Å²) in [6.45, 7) is 0.587. The van der Waals surface area contributed by atoms with Crippen molar-refractivity contribution in [3.8, 4) is 0 Å². The van der Waals surface area contributed by atoms with E-state index < -0.39 is 6.16 Å². The Bertz CT molecular complexity index is 971. The second kappa shape index (κ2) is 9.84. The zero-order chi connectivity index (χ0) is 20.8. The monoisotopic (exact) mass is 437 g/mol. The second-order valence-electron chi connectivity index (χ2n) is 6.80. The number of hydrogen-bond acceptors (Lipinski definition) is 5. The molecule has 6 nitrogen and oxygen atoms in total. The molecular formula is C20H21ClFN3O3S. The smallest absolute Gasteiger partial charge is 0.450 e. The molecule has 9 heteroatoms. The first-order chi connectivity index (χ1) is 13.9. The van der Waals surface area contributed by atoms with Gasteiger partial charge in [0.25, 0.3) is 0 Å². The van der Waals surface area contributed by atoms with E-state index in [1.165, 1.54) is 42.7 Å². The SMILES string of the molecule is Fc1ccc(CNc2nc(C3CCCCC3)nc3sc(Cl)cc23)cc1.O=C(O)O. The van der Waals surface area contributed by atoms with Crippen LogP contribution in [0, 0.1) is 5.82 Å². The molecule has 0 spiro atoms. The Labute approximate surface area is 176 Å². The average Bonchev–Trinajstić information content (AvgIpc) is 3.08. The van der Waals surface area contributed by atoms with Gasteiger partial charge in [0.1, 0.15) is 22.3 Å². The maximum atomic E-state index is 13.1. The molecule has 154 valence electrons. The van der Waals surface area contributed by atoms with E-state index in [4.69, 9.17) is 36.6 Å². The maximum Gasteiger partial charge on any atom is 0.503 e. The Kier molecular flexibility index (Phi) is 7.22. The Morgan fingerprint density at radius 1 is 1.17 bits per heavy atom. The fourth-order valence-electron chi connectivity index (χ4n) is 3.37. The highest BCUT2D eigenvalue weighted by Gasteiger charge is 2.21. The third-order valence-corrected chi connectivity index (χ3v) is 5.88. The molecule has 1 saturated carbocycles. The summed E-state index contributed by atoms with van der Waals surface area (Å²) >= 11 is 7.70. The summed E-state index contributed by atoms with van der Waals surface area (Å²) in [5, 5.41) is 18.3. The van der Waals surface area contributed by atoms with Gasteiger partial charge in [0.2, 0.25) is 0 Å². The van der Waals surface area contributed by atoms with Crippen LogP contribution in [0.2, 0.25) is 4.34 Å². The molecule has 0 radical (unpaired) electrons. The second-order valence-corrected chi connectivity index (χ2v) is 8.46. The Morgan fingerprint density at radius 2 is 1.83 bits per heavy atom. The van der Waals surface area contributed by atoms with Crippen LogP contribution in [0.25, 0.3) is 10.2 Å². The van der Waals surface area contributed by atoms with E-state index in [2.05, 4.69) is 5.32 Å². The number of thiophene rings is 1. The lowest BCUT2D eigenvalue weighted by molar-refractivity contribution is 0.137. The molecule has 3 aromatic rings. The van der Waals surface area contributed by atoms with Gasteiger partial charge in [0.15, 0.2) is 0 Å². The number of rotatable bonds is 4. The molecule has 1 fully saturated rings. The molecule has 1 aromatic carbocycles. The Balaban J connectivity index is 0.000000552. The van der Waals surface area contributed by atoms with Crippen LogP contribution in [0.15, 0.2) is 30.3 Å². The normalized spacial score (nSPS) is 14.3. The van der Waals surface area contributed by atoms with E-state index >= 15 is 0 Å². The molecule has 1 aliphatic carbocycles.